The lowest BCUT2D eigenvalue weighted by Crippen LogP contribution is -2.30. The van der Waals surface area contributed by atoms with E-state index in [2.05, 4.69) is 167 Å². The molecule has 0 aromatic heterocycles. The van der Waals surface area contributed by atoms with Gasteiger partial charge >= 0.3 is 17.9 Å². The summed E-state index contributed by atoms with van der Waals surface area (Å²) in [6, 6.07) is 0. The molecule has 0 aliphatic rings. The van der Waals surface area contributed by atoms with Crippen molar-refractivity contribution in [1.29, 1.82) is 0 Å². The molecule has 0 saturated heterocycles. The van der Waals surface area contributed by atoms with Crippen LogP contribution in [0.1, 0.15) is 226 Å². The molecule has 6 heteroatoms. The molecule has 0 bridgehead atoms. The fraction of sp³-hybridized carbons (Fsp3) is 0.567. The van der Waals surface area contributed by atoms with E-state index in [1.807, 2.05) is 12.2 Å². The maximum Gasteiger partial charge on any atom is 0.306 e. The zero-order chi connectivity index (χ0) is 52.9. The van der Waals surface area contributed by atoms with Gasteiger partial charge in [0.15, 0.2) is 6.10 Å². The van der Waals surface area contributed by atoms with Crippen molar-refractivity contribution in [3.05, 3.63) is 158 Å². The monoisotopic (exact) mass is 1000 g/mol. The summed E-state index contributed by atoms with van der Waals surface area (Å²) in [5.41, 5.74) is 0. The van der Waals surface area contributed by atoms with Crippen molar-refractivity contribution in [2.24, 2.45) is 0 Å². The first kappa shape index (κ1) is 68.0. The van der Waals surface area contributed by atoms with Crippen LogP contribution < -0.4 is 0 Å². The first-order chi connectivity index (χ1) is 36.0. The number of hydrogen-bond acceptors (Lipinski definition) is 6. The minimum absolute atomic E-state index is 0.128. The fourth-order valence-corrected chi connectivity index (χ4v) is 7.23. The van der Waals surface area contributed by atoms with Gasteiger partial charge in [0, 0.05) is 19.3 Å². The third-order valence-corrected chi connectivity index (χ3v) is 11.5. The summed E-state index contributed by atoms with van der Waals surface area (Å²) in [4.78, 5) is 38.1. The Morgan fingerprint density at radius 3 is 0.932 bits per heavy atom. The van der Waals surface area contributed by atoms with Gasteiger partial charge in [-0.25, -0.2) is 0 Å². The third kappa shape index (κ3) is 57.8. The van der Waals surface area contributed by atoms with E-state index >= 15 is 0 Å². The predicted molar refractivity (Wildman–Crippen MR) is 315 cm³/mol. The lowest BCUT2D eigenvalue weighted by molar-refractivity contribution is -0.166. The van der Waals surface area contributed by atoms with Gasteiger partial charge in [0.1, 0.15) is 13.2 Å². The standard InChI is InChI=1S/C67H104O6/c1-4-7-10-13-16-19-22-25-27-29-30-31-32-33-34-35-36-38-39-42-45-48-51-54-57-60-66(69)72-63-64(62-71-65(68)59-56-53-50-47-44-41-24-21-18-15-12-9-6-3)73-67(70)61-58-55-52-49-46-43-40-37-28-26-23-20-17-14-11-8-5-2/h7,9-10,12,16-21,25-28,30-31,33-34,36,38,41-42,44-45,50,53,64H,4-6,8,11,13-15,22-24,29,32,35,37,39-40,43,46-49,51-52,54-63H2,1-3H3/b10-7-,12-9-,19-16-,20-17-,21-18-,27-25-,28-26-,31-30-,34-33-,38-36-,44-41-,45-42-,53-50-. The molecule has 1 atom stereocenters. The van der Waals surface area contributed by atoms with Crippen LogP contribution in [0.2, 0.25) is 0 Å². The second-order valence-electron chi connectivity index (χ2n) is 18.4. The lowest BCUT2D eigenvalue weighted by atomic mass is 10.1. The summed E-state index contributed by atoms with van der Waals surface area (Å²) in [6.07, 6.45) is 86.8. The highest BCUT2D eigenvalue weighted by Gasteiger charge is 2.19. The molecule has 408 valence electrons. The zero-order valence-corrected chi connectivity index (χ0v) is 46.6. The van der Waals surface area contributed by atoms with Crippen molar-refractivity contribution in [3.8, 4) is 0 Å². The van der Waals surface area contributed by atoms with E-state index in [9.17, 15) is 14.4 Å². The fourth-order valence-electron chi connectivity index (χ4n) is 7.23. The van der Waals surface area contributed by atoms with Crippen LogP contribution in [0.4, 0.5) is 0 Å². The van der Waals surface area contributed by atoms with Crippen molar-refractivity contribution in [3.63, 3.8) is 0 Å². The van der Waals surface area contributed by atoms with Crippen molar-refractivity contribution in [1.82, 2.24) is 0 Å². The Morgan fingerprint density at radius 1 is 0.288 bits per heavy atom. The molecule has 1 unspecified atom stereocenters. The first-order valence-electron chi connectivity index (χ1n) is 29.0. The lowest BCUT2D eigenvalue weighted by Gasteiger charge is -2.18. The van der Waals surface area contributed by atoms with Gasteiger partial charge in [-0.15, -0.1) is 0 Å². The summed E-state index contributed by atoms with van der Waals surface area (Å²) in [5.74, 6) is -1.06. The number of hydrogen-bond donors (Lipinski definition) is 0. The Kier molecular flexibility index (Phi) is 55.5. The molecule has 0 aliphatic carbocycles. The smallest absolute Gasteiger partial charge is 0.306 e. The maximum absolute atomic E-state index is 12.9. The molecular formula is C67H104O6. The average molecular weight is 1010 g/mol. The van der Waals surface area contributed by atoms with Gasteiger partial charge < -0.3 is 14.2 Å². The Balaban J connectivity index is 4.52. The summed E-state index contributed by atoms with van der Waals surface area (Å²) in [5, 5.41) is 0. The van der Waals surface area contributed by atoms with Crippen LogP contribution in [0.5, 0.6) is 0 Å². The molecule has 0 amide bonds. The number of rotatable bonds is 50. The van der Waals surface area contributed by atoms with Crippen LogP contribution in [0.25, 0.3) is 0 Å². The summed E-state index contributed by atoms with van der Waals surface area (Å²) in [7, 11) is 0. The maximum atomic E-state index is 12.9. The quantitative estimate of drug-likeness (QED) is 0.0261. The second kappa shape index (κ2) is 59.6. The molecule has 0 rings (SSSR count). The molecule has 0 aromatic carbocycles. The first-order valence-corrected chi connectivity index (χ1v) is 29.0. The van der Waals surface area contributed by atoms with E-state index in [0.717, 1.165) is 135 Å². The number of allylic oxidation sites excluding steroid dienone is 26. The molecule has 73 heavy (non-hydrogen) atoms. The van der Waals surface area contributed by atoms with Gasteiger partial charge in [0.25, 0.3) is 0 Å². The summed E-state index contributed by atoms with van der Waals surface area (Å²) < 4.78 is 16.7. The molecule has 0 aromatic rings. The highest BCUT2D eigenvalue weighted by molar-refractivity contribution is 5.71. The van der Waals surface area contributed by atoms with E-state index in [4.69, 9.17) is 14.2 Å². The van der Waals surface area contributed by atoms with Crippen molar-refractivity contribution >= 4 is 17.9 Å². The van der Waals surface area contributed by atoms with Gasteiger partial charge in [-0.05, 0) is 135 Å². The van der Waals surface area contributed by atoms with E-state index < -0.39 is 6.10 Å². The van der Waals surface area contributed by atoms with E-state index in [0.29, 0.717) is 12.8 Å². The predicted octanol–water partition coefficient (Wildman–Crippen LogP) is 19.8. The highest BCUT2D eigenvalue weighted by atomic mass is 16.6. The Labute approximate surface area is 448 Å². The third-order valence-electron chi connectivity index (χ3n) is 11.5. The van der Waals surface area contributed by atoms with Gasteiger partial charge in [0.05, 0.1) is 0 Å². The van der Waals surface area contributed by atoms with Crippen molar-refractivity contribution in [2.75, 3.05) is 13.2 Å². The Hall–Kier alpha value is -4.97. The van der Waals surface area contributed by atoms with Gasteiger partial charge in [-0.2, -0.15) is 0 Å². The Morgan fingerprint density at radius 2 is 0.562 bits per heavy atom. The molecule has 0 N–H and O–H groups in total. The number of ether oxygens (including phenoxy) is 3. The van der Waals surface area contributed by atoms with Crippen LogP contribution in [0.15, 0.2) is 158 Å². The molecule has 6 nitrogen and oxygen atoms in total. The molecule has 0 radical (unpaired) electrons. The molecular weight excluding hydrogens is 901 g/mol. The SMILES string of the molecule is CC/C=C\C/C=C\C/C=C\C/C=C\C/C=C\C/C=C\C/C=C\CCCCCC(=O)OCC(COC(=O)CC/C=C\C/C=C\C/C=C\C/C=C\CC)OC(=O)CCCCCCCCC/C=C\C/C=C\CCCCC. The van der Waals surface area contributed by atoms with Crippen LogP contribution in [-0.4, -0.2) is 37.2 Å². The number of carbonyl (C=O) groups excluding carboxylic acids is 3. The zero-order valence-electron chi connectivity index (χ0n) is 46.6. The average Bonchev–Trinajstić information content (AvgIpc) is 3.39. The molecule has 0 aliphatic heterocycles. The van der Waals surface area contributed by atoms with Crippen LogP contribution in [-0.2, 0) is 28.6 Å². The van der Waals surface area contributed by atoms with Crippen LogP contribution in [0, 0.1) is 0 Å². The number of carbonyl (C=O) groups is 3. The highest BCUT2D eigenvalue weighted by Crippen LogP contribution is 2.13. The van der Waals surface area contributed by atoms with E-state index in [1.165, 1.54) is 44.9 Å². The van der Waals surface area contributed by atoms with Crippen molar-refractivity contribution < 1.29 is 28.6 Å². The molecule has 0 spiro atoms. The van der Waals surface area contributed by atoms with Crippen LogP contribution >= 0.6 is 0 Å². The number of esters is 3. The normalized spacial score (nSPS) is 13.3. The van der Waals surface area contributed by atoms with Crippen molar-refractivity contribution in [2.45, 2.75) is 232 Å². The van der Waals surface area contributed by atoms with Gasteiger partial charge in [0.2, 0.25) is 0 Å². The van der Waals surface area contributed by atoms with E-state index in [-0.39, 0.29) is 44.0 Å². The summed E-state index contributed by atoms with van der Waals surface area (Å²) in [6.45, 7) is 6.27. The number of unbranched alkanes of at least 4 members (excludes halogenated alkanes) is 13. The minimum atomic E-state index is -0.833. The Bertz CT molecular complexity index is 1670. The van der Waals surface area contributed by atoms with Crippen LogP contribution in [0.3, 0.4) is 0 Å². The second-order valence-corrected chi connectivity index (χ2v) is 18.4. The molecule has 0 saturated carbocycles. The topological polar surface area (TPSA) is 78.9 Å². The van der Waals surface area contributed by atoms with Gasteiger partial charge in [-0.3, -0.25) is 14.4 Å². The molecule has 0 heterocycles. The summed E-state index contributed by atoms with van der Waals surface area (Å²) >= 11 is 0. The van der Waals surface area contributed by atoms with Gasteiger partial charge in [-0.1, -0.05) is 230 Å². The largest absolute Gasteiger partial charge is 0.462 e. The van der Waals surface area contributed by atoms with E-state index in [1.54, 1.807) is 0 Å². The molecule has 0 fully saturated rings. The minimum Gasteiger partial charge on any atom is -0.462 e.